The monoisotopic (exact) mass is 1320 g/mol. The predicted octanol–water partition coefficient (Wildman–Crippen LogP) is -1.67. The summed E-state index contributed by atoms with van der Waals surface area (Å²) in [7, 11) is 0.202. The van der Waals surface area contributed by atoms with Gasteiger partial charge >= 0.3 is 0 Å². The number of aliphatic hydroxyl groups excluding tert-OH is 3. The average Bonchev–Trinajstić information content (AvgIpc) is 1.64. The molecule has 1 aromatic heterocycles. The van der Waals surface area contributed by atoms with Crippen LogP contribution >= 0.6 is 11.8 Å². The molecular weight excluding hydrogens is 1230 g/mol. The Morgan fingerprint density at radius 3 is 2.14 bits per heavy atom. The van der Waals surface area contributed by atoms with Crippen molar-refractivity contribution in [1.29, 1.82) is 0 Å². The maximum atomic E-state index is 14.8. The van der Waals surface area contributed by atoms with Crippen LogP contribution in [-0.4, -0.2) is 211 Å². The lowest BCUT2D eigenvalue weighted by atomic mass is 9.93. The second kappa shape index (κ2) is 33.2. The maximum absolute atomic E-state index is 14.8. The molecule has 3 unspecified atom stereocenters. The van der Waals surface area contributed by atoms with E-state index in [0.29, 0.717) is 46.5 Å². The number of amides is 11. The predicted molar refractivity (Wildman–Crippen MR) is 343 cm³/mol. The number of primary amides is 1. The Labute approximate surface area is 539 Å². The molecule has 0 radical (unpaired) electrons. The first-order valence-electron chi connectivity index (χ1n) is 30.9. The van der Waals surface area contributed by atoms with Crippen LogP contribution in [0, 0.1) is 17.8 Å². The van der Waals surface area contributed by atoms with Gasteiger partial charge in [-0.15, -0.1) is 11.8 Å². The number of nitrogens with zero attached hydrogens (tertiary/aromatic N) is 2. The molecule has 3 aliphatic heterocycles. The molecule has 0 aliphatic carbocycles. The number of rotatable bonds is 21. The van der Waals surface area contributed by atoms with Crippen molar-refractivity contribution in [1.82, 2.24) is 57.7 Å². The largest absolute Gasteiger partial charge is 0.489 e. The van der Waals surface area contributed by atoms with E-state index in [1.54, 1.807) is 70.3 Å². The van der Waals surface area contributed by atoms with E-state index in [0.717, 1.165) is 22.7 Å². The number of carbonyl (C=O) groups is 11. The molecule has 2 bridgehead atoms. The van der Waals surface area contributed by atoms with E-state index in [4.69, 9.17) is 15.2 Å². The van der Waals surface area contributed by atoms with E-state index in [2.05, 4.69) is 72.5 Å². The van der Waals surface area contributed by atoms with Crippen molar-refractivity contribution in [2.24, 2.45) is 23.5 Å². The Hall–Kier alpha value is -7.68. The highest BCUT2D eigenvalue weighted by Crippen LogP contribution is 2.34. The number of benzene rings is 2. The first kappa shape index (κ1) is 73.4. The minimum atomic E-state index is -1.79. The van der Waals surface area contributed by atoms with Gasteiger partial charge in [0.1, 0.15) is 61.4 Å². The molecule has 2 aromatic carbocycles. The van der Waals surface area contributed by atoms with Crippen molar-refractivity contribution in [2.45, 2.75) is 165 Å². The SMILES string of the molecule is CC[C@H](C)[C@@H]1NC(=O)CNC(=O)C2Cc3c([nH]c4cc(OCc5ccc(N(COCC[Si](C)(C)C)C(=O)[C@@H](C)NC(=O)[C@@H](NC)C(C)C)cc5)ccc34)SCC(NC(=O)CNC1=O)C(=O)N[C@@H](CC(N)=O)C(=O)N1CC(O)C[C@H]1C(=O)N[C@@H]([C@@H](C)[C@@H](O)CO)C(=O)N2. The van der Waals surface area contributed by atoms with Gasteiger partial charge < -0.3 is 88.3 Å². The van der Waals surface area contributed by atoms with Gasteiger partial charge in [-0.25, -0.2) is 0 Å². The number of thioether (sulfide) groups is 1. The van der Waals surface area contributed by atoms with Crippen molar-refractivity contribution in [3.05, 3.63) is 53.6 Å². The molecule has 4 heterocycles. The second-order valence-electron chi connectivity index (χ2n) is 25.2. The van der Waals surface area contributed by atoms with Crippen LogP contribution in [0.2, 0.25) is 25.7 Å². The number of anilines is 1. The number of ether oxygens (including phenoxy) is 2. The van der Waals surface area contributed by atoms with E-state index >= 15 is 0 Å². The van der Waals surface area contributed by atoms with Crippen molar-refractivity contribution < 1.29 is 77.5 Å². The summed E-state index contributed by atoms with van der Waals surface area (Å²) in [5, 5.41) is 56.5. The number of aliphatic hydroxyl groups is 3. The molecular formula is C61H91N13O16SSi. The number of nitrogens with one attached hydrogen (secondary N) is 10. The van der Waals surface area contributed by atoms with Gasteiger partial charge in [-0.2, -0.15) is 0 Å². The Morgan fingerprint density at radius 2 is 1.51 bits per heavy atom. The van der Waals surface area contributed by atoms with Gasteiger partial charge in [-0.05, 0) is 67.2 Å². The molecule has 1 saturated heterocycles. The lowest BCUT2D eigenvalue weighted by Crippen LogP contribution is -2.62. The fourth-order valence-electron chi connectivity index (χ4n) is 10.7. The van der Waals surface area contributed by atoms with Crippen LogP contribution in [0.1, 0.15) is 71.9 Å². The van der Waals surface area contributed by atoms with Gasteiger partial charge in [-0.1, -0.05) is 72.8 Å². The highest BCUT2D eigenvalue weighted by Gasteiger charge is 2.45. The van der Waals surface area contributed by atoms with E-state index < -0.39 is 173 Å². The van der Waals surface area contributed by atoms with Crippen molar-refractivity contribution in [2.75, 3.05) is 57.3 Å². The molecule has 92 heavy (non-hydrogen) atoms. The van der Waals surface area contributed by atoms with Gasteiger partial charge in [0.05, 0.1) is 54.9 Å². The average molecular weight is 1320 g/mol. The van der Waals surface area contributed by atoms with Crippen LogP contribution in [0.3, 0.4) is 0 Å². The van der Waals surface area contributed by atoms with E-state index in [-0.39, 0.29) is 48.3 Å². The fourth-order valence-corrected chi connectivity index (χ4v) is 12.6. The zero-order valence-corrected chi connectivity index (χ0v) is 55.6. The number of nitrogens with two attached hydrogens (primary N) is 1. The normalized spacial score (nSPS) is 23.4. The maximum Gasteiger partial charge on any atom is 0.251 e. The highest BCUT2D eigenvalue weighted by atomic mass is 32.2. The minimum absolute atomic E-state index is 0.0189. The van der Waals surface area contributed by atoms with Crippen molar-refractivity contribution >= 4 is 101 Å². The molecule has 3 aromatic rings. The Kier molecular flexibility index (Phi) is 26.5. The van der Waals surface area contributed by atoms with Gasteiger partial charge in [0.25, 0.3) is 5.91 Å². The Balaban J connectivity index is 1.42. The zero-order chi connectivity index (χ0) is 67.9. The topological polar surface area (TPSA) is 423 Å². The number of carbonyl (C=O) groups excluding carboxylic acids is 11. The van der Waals surface area contributed by atoms with Gasteiger partial charge in [0.15, 0.2) is 0 Å². The number of aromatic amines is 1. The Morgan fingerprint density at radius 1 is 0.837 bits per heavy atom. The summed E-state index contributed by atoms with van der Waals surface area (Å²) in [5.41, 5.74) is 7.56. The molecule has 15 N–H and O–H groups in total. The number of hydrogen-bond donors (Lipinski definition) is 14. The number of aromatic nitrogens is 1. The van der Waals surface area contributed by atoms with Crippen LogP contribution in [0.4, 0.5) is 5.69 Å². The standard InChI is InChI=1S/C61H91N13O16SSi/c1-11-32(4)51-56(84)65-24-48(79)67-44-29-91-59-40(39-17-16-38(21-41(39)70-59)90-28-35-12-14-36(15-13-35)74(30-89-18-19-92(8,9)10)60(87)34(6)66-57(85)50(63-7)31(2)3)22-42(53(81)64-25-49(80)71-51)68-58(86)52(33(5)46(77)27-75)72-55(83)45-20-37(76)26-73(45)61(88)43(23-47(62)78)69-54(44)82/h12-17,21,31-34,37,42-46,50-52,63,70,75-77H,11,18-20,22-30H2,1-10H3,(H2,62,78)(H,64,81)(H,65,84)(H,66,85)(H,67,79)(H,68,86)(H,69,82)(H,71,80)(H,72,83)/t32-,33-,34+,37?,42?,43-,44?,45-,46-,50-,51-,52-/m0/s1. The number of likely N-dealkylation sites (N-methyl/N-ethyl adjacent to an activating group) is 1. The summed E-state index contributed by atoms with van der Waals surface area (Å²) in [6, 6.07) is 1.90. The summed E-state index contributed by atoms with van der Waals surface area (Å²) >= 11 is 0.962. The summed E-state index contributed by atoms with van der Waals surface area (Å²) in [4.78, 5) is 160. The quantitative estimate of drug-likeness (QED) is 0.0322. The summed E-state index contributed by atoms with van der Waals surface area (Å²) < 4.78 is 12.4. The lowest BCUT2D eigenvalue weighted by Gasteiger charge is -2.32. The molecule has 0 saturated carbocycles. The molecule has 506 valence electrons. The van der Waals surface area contributed by atoms with Crippen molar-refractivity contribution in [3.63, 3.8) is 0 Å². The van der Waals surface area contributed by atoms with Crippen LogP contribution in [0.15, 0.2) is 47.5 Å². The summed E-state index contributed by atoms with van der Waals surface area (Å²) in [5.74, 6) is -11.2. The van der Waals surface area contributed by atoms with Crippen molar-refractivity contribution in [3.8, 4) is 5.75 Å². The highest BCUT2D eigenvalue weighted by molar-refractivity contribution is 7.99. The van der Waals surface area contributed by atoms with Crippen LogP contribution in [-0.2, 0) is 70.5 Å². The van der Waals surface area contributed by atoms with Gasteiger partial charge in [0.2, 0.25) is 59.1 Å². The molecule has 12 atom stereocenters. The van der Waals surface area contributed by atoms with Gasteiger partial charge in [0, 0.05) is 62.9 Å². The summed E-state index contributed by atoms with van der Waals surface area (Å²) in [6.07, 6.45) is -4.20. The third-order valence-corrected chi connectivity index (χ3v) is 19.3. The molecule has 1 fully saturated rings. The number of H-pyrrole nitrogens is 1. The number of fused-ring (bicyclic) bond motifs is 5. The third kappa shape index (κ3) is 19.9. The zero-order valence-electron chi connectivity index (χ0n) is 53.8. The first-order chi connectivity index (χ1) is 43.4. The molecule has 31 heteroatoms. The molecule has 6 rings (SSSR count). The molecule has 0 spiro atoms. The fraction of sp³-hybridized carbons (Fsp3) is 0.590. The minimum Gasteiger partial charge on any atom is -0.489 e. The first-order valence-corrected chi connectivity index (χ1v) is 35.6. The Bertz CT molecular complexity index is 3170. The molecule has 11 amide bonds. The molecule has 29 nitrogen and oxygen atoms in total. The second-order valence-corrected chi connectivity index (χ2v) is 31.9. The molecule has 3 aliphatic rings. The van der Waals surface area contributed by atoms with Crippen LogP contribution < -0.4 is 63.2 Å². The summed E-state index contributed by atoms with van der Waals surface area (Å²) in [6.45, 7) is 14.4. The van der Waals surface area contributed by atoms with Crippen LogP contribution in [0.5, 0.6) is 5.75 Å². The van der Waals surface area contributed by atoms with E-state index in [1.165, 1.54) is 11.8 Å². The van der Waals surface area contributed by atoms with E-state index in [9.17, 15) is 68.1 Å². The third-order valence-electron chi connectivity index (χ3n) is 16.5. The van der Waals surface area contributed by atoms with E-state index in [1.807, 2.05) is 13.8 Å². The smallest absolute Gasteiger partial charge is 0.251 e. The van der Waals surface area contributed by atoms with Crippen LogP contribution in [0.25, 0.3) is 10.9 Å². The number of hydrogen-bond acceptors (Lipinski definition) is 18. The van der Waals surface area contributed by atoms with Gasteiger partial charge in [-0.3, -0.25) is 57.6 Å². The lowest BCUT2D eigenvalue weighted by molar-refractivity contribution is -0.144.